The molecule has 0 saturated heterocycles. The fourth-order valence-corrected chi connectivity index (χ4v) is 11.7. The highest BCUT2D eigenvalue weighted by atomic mass is 28.3. The molecule has 1 aliphatic heterocycles. The highest BCUT2D eigenvalue weighted by molar-refractivity contribution is 7.21. The number of ketones is 1. The minimum absolute atomic E-state index is 0.232. The van der Waals surface area contributed by atoms with Crippen molar-refractivity contribution in [1.29, 1.82) is 10.5 Å². The van der Waals surface area contributed by atoms with E-state index in [4.69, 9.17) is 0 Å². The number of hydrogen-bond donors (Lipinski definition) is 0. The van der Waals surface area contributed by atoms with Gasteiger partial charge in [-0.25, -0.2) is 0 Å². The van der Waals surface area contributed by atoms with Crippen LogP contribution >= 0.6 is 0 Å². The molecule has 4 nitrogen and oxygen atoms in total. The summed E-state index contributed by atoms with van der Waals surface area (Å²) >= 11 is 0. The van der Waals surface area contributed by atoms with E-state index in [0.29, 0.717) is 16.8 Å². The Morgan fingerprint density at radius 3 is 1.39 bits per heavy atom. The molecule has 1 heterocycles. The normalized spacial score (nSPS) is 12.7. The van der Waals surface area contributed by atoms with Crippen LogP contribution in [-0.4, -0.2) is 13.9 Å². The van der Waals surface area contributed by atoms with Crippen molar-refractivity contribution < 1.29 is 4.79 Å². The Balaban J connectivity index is 1.55. The lowest BCUT2D eigenvalue weighted by Crippen LogP contribution is -2.77. The number of benzene rings is 6. The third-order valence-electron chi connectivity index (χ3n) is 8.38. The number of carbonyl (C=O) groups is 1. The van der Waals surface area contributed by atoms with E-state index in [1.807, 2.05) is 30.3 Å². The van der Waals surface area contributed by atoms with Crippen LogP contribution in [0.25, 0.3) is 0 Å². The number of nitrogens with zero attached hydrogens (tertiary/aromatic N) is 3. The van der Waals surface area contributed by atoms with Crippen molar-refractivity contribution in [3.8, 4) is 12.1 Å². The predicted octanol–water partition coefficient (Wildman–Crippen LogP) is 5.82. The van der Waals surface area contributed by atoms with Crippen LogP contribution < -0.4 is 25.6 Å². The molecule has 0 amide bonds. The van der Waals surface area contributed by atoms with Gasteiger partial charge in [-0.15, -0.1) is 0 Å². The second-order valence-corrected chi connectivity index (χ2v) is 14.4. The van der Waals surface area contributed by atoms with E-state index in [1.54, 1.807) is 36.4 Å². The van der Waals surface area contributed by atoms with Gasteiger partial charge in [-0.05, 0) is 45.0 Å². The average molecular weight is 580 g/mol. The molecule has 6 aromatic carbocycles. The van der Waals surface area contributed by atoms with Crippen molar-refractivity contribution in [3.63, 3.8) is 0 Å². The summed E-state index contributed by atoms with van der Waals surface area (Å²) < 4.78 is 0. The van der Waals surface area contributed by atoms with Crippen LogP contribution in [0, 0.1) is 22.7 Å². The van der Waals surface area contributed by atoms with Crippen molar-refractivity contribution >= 4 is 51.7 Å². The van der Waals surface area contributed by atoms with Gasteiger partial charge in [0.1, 0.15) is 12.1 Å². The summed E-state index contributed by atoms with van der Waals surface area (Å²) in [6, 6.07) is 54.8. The molecule has 0 aliphatic carbocycles. The molecule has 44 heavy (non-hydrogen) atoms. The predicted molar refractivity (Wildman–Crippen MR) is 178 cm³/mol. The van der Waals surface area contributed by atoms with Crippen LogP contribution in [0.4, 0.5) is 17.1 Å². The topological polar surface area (TPSA) is 67.9 Å². The average Bonchev–Trinajstić information content (AvgIpc) is 3.11. The monoisotopic (exact) mass is 579 g/mol. The molecule has 0 atom stereocenters. The Labute approximate surface area is 257 Å². The van der Waals surface area contributed by atoms with Crippen molar-refractivity contribution in [1.82, 2.24) is 0 Å². The molecule has 206 valence electrons. The van der Waals surface area contributed by atoms with Gasteiger partial charge in [-0.3, -0.25) is 4.79 Å². The number of hydrogen-bond acceptors (Lipinski definition) is 4. The Morgan fingerprint density at radius 1 is 0.523 bits per heavy atom. The molecular weight excluding hydrogens is 555 g/mol. The highest BCUT2D eigenvalue weighted by Crippen LogP contribution is 2.42. The second-order valence-electron chi connectivity index (χ2n) is 10.7. The summed E-state index contributed by atoms with van der Waals surface area (Å²) in [7, 11) is -2.84. The summed E-state index contributed by atoms with van der Waals surface area (Å²) in [6.45, 7) is 0. The van der Waals surface area contributed by atoms with Crippen LogP contribution in [0.15, 0.2) is 152 Å². The Morgan fingerprint density at radius 2 is 0.932 bits per heavy atom. The number of rotatable bonds is 5. The SMILES string of the molecule is N#Cc1cc(C(=O)c2ccccc2)cc(C#N)c1N1c2ccccc2[Si](c2ccccc2)(c2ccccc2)c2ccccc21. The molecule has 0 unspecified atom stereocenters. The van der Waals surface area contributed by atoms with Crippen LogP contribution in [-0.2, 0) is 0 Å². The van der Waals surface area contributed by atoms with Crippen molar-refractivity contribution in [2.45, 2.75) is 0 Å². The fourth-order valence-electron chi connectivity index (χ4n) is 6.59. The molecule has 0 spiro atoms. The smallest absolute Gasteiger partial charge is 0.193 e. The van der Waals surface area contributed by atoms with Gasteiger partial charge < -0.3 is 4.90 Å². The van der Waals surface area contributed by atoms with Gasteiger partial charge in [0, 0.05) is 22.5 Å². The summed E-state index contributed by atoms with van der Waals surface area (Å²) in [5.41, 5.74) is 3.65. The minimum atomic E-state index is -2.84. The largest absolute Gasteiger partial charge is 0.308 e. The fraction of sp³-hybridized carbons (Fsp3) is 0. The molecule has 0 bridgehead atoms. The summed E-state index contributed by atoms with van der Waals surface area (Å²) in [5.74, 6) is -0.232. The van der Waals surface area contributed by atoms with Crippen LogP contribution in [0.5, 0.6) is 0 Å². The zero-order chi connectivity index (χ0) is 30.1. The zero-order valence-corrected chi connectivity index (χ0v) is 24.7. The van der Waals surface area contributed by atoms with E-state index in [0.717, 1.165) is 21.7 Å². The van der Waals surface area contributed by atoms with Crippen molar-refractivity contribution in [2.24, 2.45) is 0 Å². The second kappa shape index (κ2) is 11.0. The van der Waals surface area contributed by atoms with E-state index in [2.05, 4.69) is 102 Å². The van der Waals surface area contributed by atoms with E-state index >= 15 is 0 Å². The molecule has 5 heteroatoms. The van der Waals surface area contributed by atoms with Gasteiger partial charge in [0.25, 0.3) is 0 Å². The van der Waals surface area contributed by atoms with E-state index < -0.39 is 8.07 Å². The molecule has 1 aliphatic rings. The first-order valence-electron chi connectivity index (χ1n) is 14.4. The number of nitriles is 2. The first kappa shape index (κ1) is 26.9. The van der Waals surface area contributed by atoms with Gasteiger partial charge >= 0.3 is 0 Å². The molecule has 7 rings (SSSR count). The van der Waals surface area contributed by atoms with Gasteiger partial charge in [0.15, 0.2) is 13.9 Å². The maximum absolute atomic E-state index is 13.4. The van der Waals surface area contributed by atoms with Crippen LogP contribution in [0.3, 0.4) is 0 Å². The van der Waals surface area contributed by atoms with E-state index in [9.17, 15) is 15.3 Å². The van der Waals surface area contributed by atoms with E-state index in [1.165, 1.54) is 10.4 Å². The third-order valence-corrected chi connectivity index (χ3v) is 13.2. The summed E-state index contributed by atoms with van der Waals surface area (Å²) in [6.07, 6.45) is 0. The van der Waals surface area contributed by atoms with Gasteiger partial charge in [-0.1, -0.05) is 127 Å². The molecule has 0 N–H and O–H groups in total. The Hall–Kier alpha value is -6.01. The standard InChI is InChI=1S/C39H25N3OSi/c40-26-30-24-29(39(43)28-14-4-1-5-15-28)25-31(27-41)38(30)42-34-20-10-12-22-36(34)44(32-16-6-2-7-17-32,33-18-8-3-9-19-33)37-23-13-11-21-35(37)42/h1-25H. The minimum Gasteiger partial charge on any atom is -0.308 e. The Bertz CT molecular complexity index is 1990. The van der Waals surface area contributed by atoms with E-state index in [-0.39, 0.29) is 16.9 Å². The molecule has 6 aromatic rings. The summed E-state index contributed by atoms with van der Waals surface area (Å²) in [4.78, 5) is 15.5. The molecular formula is C39H25N3OSi. The lowest BCUT2D eigenvalue weighted by atomic mass is 9.96. The molecule has 0 aromatic heterocycles. The lowest BCUT2D eigenvalue weighted by Gasteiger charge is -2.45. The number of para-hydroxylation sites is 2. The molecule has 0 saturated carbocycles. The van der Waals surface area contributed by atoms with Crippen molar-refractivity contribution in [2.75, 3.05) is 4.90 Å². The maximum atomic E-state index is 13.4. The zero-order valence-electron chi connectivity index (χ0n) is 23.7. The molecule has 0 radical (unpaired) electrons. The van der Waals surface area contributed by atoms with Gasteiger partial charge in [0.2, 0.25) is 0 Å². The molecule has 0 fully saturated rings. The summed E-state index contributed by atoms with van der Waals surface area (Å²) in [5, 5.41) is 25.8. The first-order chi connectivity index (χ1) is 21.7. The number of anilines is 3. The lowest BCUT2D eigenvalue weighted by molar-refractivity contribution is 0.103. The number of fused-ring (bicyclic) bond motifs is 2. The van der Waals surface area contributed by atoms with Crippen LogP contribution in [0.2, 0.25) is 0 Å². The third kappa shape index (κ3) is 4.07. The quantitative estimate of drug-likeness (QED) is 0.190. The van der Waals surface area contributed by atoms with Gasteiger partial charge in [0.05, 0.1) is 16.8 Å². The van der Waals surface area contributed by atoms with Crippen LogP contribution in [0.1, 0.15) is 27.0 Å². The van der Waals surface area contributed by atoms with Gasteiger partial charge in [-0.2, -0.15) is 10.5 Å². The maximum Gasteiger partial charge on any atom is 0.193 e. The highest BCUT2D eigenvalue weighted by Gasteiger charge is 2.49. The van der Waals surface area contributed by atoms with Crippen molar-refractivity contribution in [3.05, 3.63) is 174 Å². The number of carbonyl (C=O) groups excluding carboxylic acids is 1. The first-order valence-corrected chi connectivity index (χ1v) is 16.4. The Kier molecular flexibility index (Phi) is 6.72.